The predicted octanol–water partition coefficient (Wildman–Crippen LogP) is 7.61. The molecule has 0 aliphatic carbocycles. The molecule has 2 N–H and O–H groups in total. The largest absolute Gasteiger partial charge is 0.493 e. The molecule has 0 aromatic heterocycles. The zero-order valence-electron chi connectivity index (χ0n) is 34.9. The Morgan fingerprint density at radius 2 is 1.10 bits per heavy atom. The van der Waals surface area contributed by atoms with Crippen LogP contribution in [0.5, 0.6) is 23.0 Å². The maximum Gasteiger partial charge on any atom is 0.260 e. The van der Waals surface area contributed by atoms with Gasteiger partial charge in [0.2, 0.25) is 0 Å². The van der Waals surface area contributed by atoms with Crippen LogP contribution >= 0.6 is 0 Å². The van der Waals surface area contributed by atoms with E-state index in [1.165, 1.54) is 5.69 Å². The zero-order chi connectivity index (χ0) is 42.0. The lowest BCUT2D eigenvalue weighted by Gasteiger charge is -2.34. The molecule has 13 nitrogen and oxygen atoms in total. The molecule has 2 unspecified atom stereocenters. The minimum Gasteiger partial charge on any atom is -0.493 e. The van der Waals surface area contributed by atoms with Gasteiger partial charge < -0.3 is 44.3 Å². The molecule has 4 aromatic carbocycles. The number of piperazine rings is 1. The van der Waals surface area contributed by atoms with E-state index in [4.69, 9.17) is 34.7 Å². The first kappa shape index (κ1) is 39.8. The summed E-state index contributed by atoms with van der Waals surface area (Å²) in [6.45, 7) is 5.07. The number of rotatable bonds is 13. The maximum absolute atomic E-state index is 13.9. The molecule has 0 bridgehead atoms. The molecule has 5 aliphatic rings. The Kier molecular flexibility index (Phi) is 11.2. The molecule has 2 amide bonds. The van der Waals surface area contributed by atoms with Crippen molar-refractivity contribution in [3.8, 4) is 23.0 Å². The summed E-state index contributed by atoms with van der Waals surface area (Å²) in [6.07, 6.45) is 11.3. The lowest BCUT2D eigenvalue weighted by Crippen LogP contribution is -2.44. The van der Waals surface area contributed by atoms with E-state index in [0.29, 0.717) is 77.2 Å². The first-order chi connectivity index (χ1) is 29.8. The van der Waals surface area contributed by atoms with Gasteiger partial charge in [-0.05, 0) is 85.0 Å². The highest BCUT2D eigenvalue weighted by molar-refractivity contribution is 6.06. The van der Waals surface area contributed by atoms with Crippen LogP contribution in [0, 0.1) is 0 Å². The van der Waals surface area contributed by atoms with Gasteiger partial charge in [-0.25, -0.2) is 0 Å². The fourth-order valence-corrected chi connectivity index (χ4v) is 8.54. The summed E-state index contributed by atoms with van der Waals surface area (Å²) in [6, 6.07) is 23.0. The molecule has 1 fully saturated rings. The number of ether oxygens (including phenoxy) is 4. The van der Waals surface area contributed by atoms with Crippen molar-refractivity contribution >= 4 is 58.1 Å². The summed E-state index contributed by atoms with van der Waals surface area (Å²) in [4.78, 5) is 45.4. The number of nitrogen functional groups attached to an aromatic ring is 1. The third-order valence-corrected chi connectivity index (χ3v) is 12.1. The van der Waals surface area contributed by atoms with Gasteiger partial charge in [0.15, 0.2) is 23.0 Å². The Balaban J connectivity index is 0.774. The van der Waals surface area contributed by atoms with Crippen molar-refractivity contribution in [3.05, 3.63) is 107 Å². The van der Waals surface area contributed by atoms with E-state index in [9.17, 15) is 9.59 Å². The van der Waals surface area contributed by atoms with Crippen LogP contribution in [0.15, 0.2) is 95.2 Å². The van der Waals surface area contributed by atoms with Crippen LogP contribution in [0.3, 0.4) is 0 Å². The summed E-state index contributed by atoms with van der Waals surface area (Å²) in [7, 11) is 5.31. The zero-order valence-corrected chi connectivity index (χ0v) is 34.9. The third kappa shape index (κ3) is 8.17. The minimum atomic E-state index is -0.184. The third-order valence-electron chi connectivity index (χ3n) is 12.1. The second-order valence-electron chi connectivity index (χ2n) is 16.1. The molecule has 0 saturated carbocycles. The van der Waals surface area contributed by atoms with Crippen LogP contribution in [0.4, 0.5) is 22.7 Å². The molecule has 314 valence electrons. The van der Waals surface area contributed by atoms with E-state index in [2.05, 4.69) is 41.1 Å². The molecular formula is C48H51N7O6. The number of carbonyl (C=O) groups excluding carboxylic acids is 2. The summed E-state index contributed by atoms with van der Waals surface area (Å²) < 4.78 is 23.7. The van der Waals surface area contributed by atoms with Gasteiger partial charge in [-0.15, -0.1) is 0 Å². The summed E-state index contributed by atoms with van der Waals surface area (Å²) >= 11 is 0. The maximum atomic E-state index is 13.9. The lowest BCUT2D eigenvalue weighted by molar-refractivity contribution is 0.0809. The number of aliphatic imine (C=N–C) groups is 2. The molecule has 5 aliphatic heterocycles. The number of carbonyl (C=O) groups is 2. The number of likely N-dealkylation sites (N-methyl/N-ethyl adjacent to an activating group) is 1. The molecule has 13 heteroatoms. The Morgan fingerprint density at radius 1 is 0.623 bits per heavy atom. The van der Waals surface area contributed by atoms with Crippen LogP contribution in [-0.4, -0.2) is 112 Å². The Labute approximate surface area is 356 Å². The number of benzene rings is 4. The van der Waals surface area contributed by atoms with Gasteiger partial charge in [-0.3, -0.25) is 19.6 Å². The summed E-state index contributed by atoms with van der Waals surface area (Å²) in [5, 5.41) is 0. The monoisotopic (exact) mass is 821 g/mol. The predicted molar refractivity (Wildman–Crippen MR) is 239 cm³/mol. The molecule has 0 radical (unpaired) electrons. The van der Waals surface area contributed by atoms with E-state index >= 15 is 0 Å². The average Bonchev–Trinajstić information content (AvgIpc) is 3.86. The standard InChI is InChI=1S/C48H51N7O6/c1-52-15-17-53(18-16-52)36-13-9-32(10-14-36)34-22-38-28-51-42-26-46(44(59-3)24-40(42)48(57)55(38)30-34)61-20-6-4-5-19-60-45-25-41-39(23-43(45)58-2)47(56)54-29-33(21-37(54)27-50-41)31-7-11-35(49)12-8-31/h7-14,23-30,37-38H,4-6,15-22,49H2,1-3H3. The van der Waals surface area contributed by atoms with Gasteiger partial charge in [-0.1, -0.05) is 24.3 Å². The van der Waals surface area contributed by atoms with Crippen molar-refractivity contribution in [3.63, 3.8) is 0 Å². The van der Waals surface area contributed by atoms with Crippen LogP contribution in [0.25, 0.3) is 11.1 Å². The van der Waals surface area contributed by atoms with Crippen LogP contribution in [-0.2, 0) is 0 Å². The van der Waals surface area contributed by atoms with Gasteiger partial charge in [0.25, 0.3) is 11.8 Å². The van der Waals surface area contributed by atoms with Crippen molar-refractivity contribution in [2.75, 3.05) is 71.3 Å². The highest BCUT2D eigenvalue weighted by Gasteiger charge is 2.35. The number of fused-ring (bicyclic) bond motifs is 4. The Bertz CT molecular complexity index is 2440. The Hall–Kier alpha value is -6.60. The fraction of sp³-hybridized carbons (Fsp3) is 0.333. The number of methoxy groups -OCH3 is 2. The smallest absolute Gasteiger partial charge is 0.260 e. The number of hydrogen-bond donors (Lipinski definition) is 1. The highest BCUT2D eigenvalue weighted by atomic mass is 16.5. The molecule has 0 spiro atoms. The van der Waals surface area contributed by atoms with Gasteiger partial charge in [0, 0.05) is 87.4 Å². The van der Waals surface area contributed by atoms with Gasteiger partial charge >= 0.3 is 0 Å². The van der Waals surface area contributed by atoms with Gasteiger partial charge in [0.1, 0.15) is 0 Å². The van der Waals surface area contributed by atoms with E-state index in [-0.39, 0.29) is 23.9 Å². The van der Waals surface area contributed by atoms with Crippen molar-refractivity contribution in [1.82, 2.24) is 14.7 Å². The number of nitrogens with zero attached hydrogens (tertiary/aromatic N) is 6. The van der Waals surface area contributed by atoms with Crippen LogP contribution in [0.1, 0.15) is 63.9 Å². The molecule has 2 atom stereocenters. The van der Waals surface area contributed by atoms with Crippen LogP contribution in [0.2, 0.25) is 0 Å². The van der Waals surface area contributed by atoms with E-state index in [1.807, 2.05) is 49.1 Å². The second kappa shape index (κ2) is 17.2. The van der Waals surface area contributed by atoms with E-state index in [1.54, 1.807) is 48.3 Å². The second-order valence-corrected chi connectivity index (χ2v) is 16.1. The molecule has 4 aromatic rings. The lowest BCUT2D eigenvalue weighted by atomic mass is 10.0. The average molecular weight is 822 g/mol. The van der Waals surface area contributed by atoms with E-state index < -0.39 is 0 Å². The minimum absolute atomic E-state index is 0.113. The topological polar surface area (TPSA) is 135 Å². The fourth-order valence-electron chi connectivity index (χ4n) is 8.54. The normalized spacial score (nSPS) is 19.4. The van der Waals surface area contributed by atoms with Crippen molar-refractivity contribution < 1.29 is 28.5 Å². The number of nitrogens with two attached hydrogens (primary N) is 1. The molecule has 61 heavy (non-hydrogen) atoms. The number of hydrogen-bond acceptors (Lipinski definition) is 11. The van der Waals surface area contributed by atoms with Gasteiger partial charge in [-0.2, -0.15) is 0 Å². The summed E-state index contributed by atoms with van der Waals surface area (Å²) in [5.41, 5.74) is 14.2. The Morgan fingerprint density at radius 3 is 1.57 bits per heavy atom. The first-order valence-corrected chi connectivity index (χ1v) is 21.0. The molecular weight excluding hydrogens is 771 g/mol. The van der Waals surface area contributed by atoms with E-state index in [0.717, 1.165) is 67.7 Å². The molecule has 1 saturated heterocycles. The van der Waals surface area contributed by atoms with Crippen molar-refractivity contribution in [1.29, 1.82) is 0 Å². The van der Waals surface area contributed by atoms with Gasteiger partial charge in [0.05, 0.1) is 62.0 Å². The highest BCUT2D eigenvalue weighted by Crippen LogP contribution is 2.42. The number of anilines is 2. The molecule has 5 heterocycles. The first-order valence-electron chi connectivity index (χ1n) is 21.0. The van der Waals surface area contributed by atoms with Crippen molar-refractivity contribution in [2.24, 2.45) is 9.98 Å². The quantitative estimate of drug-likeness (QED) is 0.107. The number of amides is 2. The van der Waals surface area contributed by atoms with Crippen LogP contribution < -0.4 is 29.6 Å². The van der Waals surface area contributed by atoms with Crippen molar-refractivity contribution in [2.45, 2.75) is 44.2 Å². The SMILES string of the molecule is COc1cc2c(cc1OCCCCCOc1cc3c(cc1OC)C(=O)N1C=C(c4ccc(N5CCN(C)CC5)cc4)CC1C=N3)N=CC1CC(c3ccc(N)cc3)=CN1C2=O. The number of unbranched alkanes of at least 4 members (excludes halogenated alkanes) is 2. The molecule has 9 rings (SSSR count). The summed E-state index contributed by atoms with van der Waals surface area (Å²) in [5.74, 6) is 1.80.